The highest BCUT2D eigenvalue weighted by molar-refractivity contribution is 7.13. The number of thiazole rings is 1. The van der Waals surface area contributed by atoms with Crippen molar-refractivity contribution in [3.05, 3.63) is 15.6 Å². The number of aromatic carboxylic acids is 1. The number of nitrogens with zero attached hydrogens (tertiary/aromatic N) is 2. The lowest BCUT2D eigenvalue weighted by Crippen LogP contribution is -2.30. The second-order valence-electron chi connectivity index (χ2n) is 4.74. The summed E-state index contributed by atoms with van der Waals surface area (Å²) in [6, 6.07) is 0. The van der Waals surface area contributed by atoms with Crippen molar-refractivity contribution < 1.29 is 9.90 Å². The van der Waals surface area contributed by atoms with Gasteiger partial charge in [0.2, 0.25) is 0 Å². The maximum atomic E-state index is 11.1. The molecule has 0 aromatic carbocycles. The number of carboxylic acids is 1. The van der Waals surface area contributed by atoms with E-state index in [1.54, 1.807) is 0 Å². The topological polar surface area (TPSA) is 65.5 Å². The number of hydrogen-bond acceptors (Lipinski definition) is 5. The van der Waals surface area contributed by atoms with E-state index in [0.717, 1.165) is 49.8 Å². The van der Waals surface area contributed by atoms with Gasteiger partial charge in [0.25, 0.3) is 0 Å². The van der Waals surface area contributed by atoms with Crippen molar-refractivity contribution in [3.8, 4) is 0 Å². The lowest BCUT2D eigenvalue weighted by molar-refractivity contribution is 0.0701. The van der Waals surface area contributed by atoms with E-state index in [-0.39, 0.29) is 0 Å². The molecule has 0 amide bonds. The SMILES string of the molecule is CCc1nc(CCN2CCCNCC2)sc1C(=O)O. The molecular weight excluding hydrogens is 262 g/mol. The molecule has 0 atom stereocenters. The second kappa shape index (κ2) is 6.98. The molecule has 2 heterocycles. The fraction of sp³-hybridized carbons (Fsp3) is 0.692. The summed E-state index contributed by atoms with van der Waals surface area (Å²) in [6.07, 6.45) is 2.72. The van der Waals surface area contributed by atoms with Crippen LogP contribution in [0.2, 0.25) is 0 Å². The Morgan fingerprint density at radius 3 is 3.00 bits per heavy atom. The molecule has 2 N–H and O–H groups in total. The van der Waals surface area contributed by atoms with Gasteiger partial charge in [-0.1, -0.05) is 6.92 Å². The van der Waals surface area contributed by atoms with Gasteiger partial charge in [-0.3, -0.25) is 0 Å². The van der Waals surface area contributed by atoms with E-state index in [0.29, 0.717) is 11.3 Å². The predicted octanol–water partition coefficient (Wildman–Crippen LogP) is 1.24. The largest absolute Gasteiger partial charge is 0.477 e. The zero-order valence-electron chi connectivity index (χ0n) is 11.3. The zero-order chi connectivity index (χ0) is 13.7. The van der Waals surface area contributed by atoms with E-state index < -0.39 is 5.97 Å². The number of rotatable bonds is 5. The highest BCUT2D eigenvalue weighted by Crippen LogP contribution is 2.20. The third-order valence-electron chi connectivity index (χ3n) is 3.35. The van der Waals surface area contributed by atoms with Crippen molar-refractivity contribution in [1.29, 1.82) is 0 Å². The Kier molecular flexibility index (Phi) is 5.30. The fourth-order valence-electron chi connectivity index (χ4n) is 2.29. The van der Waals surface area contributed by atoms with Crippen molar-refractivity contribution in [2.75, 3.05) is 32.7 Å². The maximum Gasteiger partial charge on any atom is 0.347 e. The molecule has 1 aliphatic rings. The van der Waals surface area contributed by atoms with Crippen LogP contribution in [0.15, 0.2) is 0 Å². The van der Waals surface area contributed by atoms with Gasteiger partial charge in [0.05, 0.1) is 10.7 Å². The summed E-state index contributed by atoms with van der Waals surface area (Å²) in [5.41, 5.74) is 0.727. The van der Waals surface area contributed by atoms with Crippen LogP contribution in [0.5, 0.6) is 0 Å². The van der Waals surface area contributed by atoms with E-state index in [4.69, 9.17) is 5.11 Å². The van der Waals surface area contributed by atoms with Gasteiger partial charge in [-0.2, -0.15) is 0 Å². The first-order chi connectivity index (χ1) is 9.20. The maximum absolute atomic E-state index is 11.1. The number of aromatic nitrogens is 1. The Hall–Kier alpha value is -0.980. The van der Waals surface area contributed by atoms with Crippen LogP contribution in [0.3, 0.4) is 0 Å². The molecule has 106 valence electrons. The predicted molar refractivity (Wildman–Crippen MR) is 76.1 cm³/mol. The average molecular weight is 283 g/mol. The molecule has 0 radical (unpaired) electrons. The smallest absolute Gasteiger partial charge is 0.347 e. The molecule has 6 heteroatoms. The lowest BCUT2D eigenvalue weighted by Gasteiger charge is -2.18. The van der Waals surface area contributed by atoms with E-state index in [1.807, 2.05) is 6.92 Å². The van der Waals surface area contributed by atoms with Crippen LogP contribution in [0, 0.1) is 0 Å². The monoisotopic (exact) mass is 283 g/mol. The van der Waals surface area contributed by atoms with Gasteiger partial charge in [0, 0.05) is 26.1 Å². The third-order valence-corrected chi connectivity index (χ3v) is 4.49. The van der Waals surface area contributed by atoms with Gasteiger partial charge >= 0.3 is 5.97 Å². The van der Waals surface area contributed by atoms with Crippen LogP contribution < -0.4 is 5.32 Å². The molecule has 5 nitrogen and oxygen atoms in total. The Labute approximate surface area is 117 Å². The first kappa shape index (κ1) is 14.4. The van der Waals surface area contributed by atoms with Crippen LogP contribution in [-0.4, -0.2) is 53.7 Å². The summed E-state index contributed by atoms with van der Waals surface area (Å²) < 4.78 is 0. The average Bonchev–Trinajstić information content (AvgIpc) is 2.64. The molecule has 0 saturated carbocycles. The van der Waals surface area contributed by atoms with Crippen LogP contribution in [0.1, 0.15) is 33.7 Å². The summed E-state index contributed by atoms with van der Waals surface area (Å²) in [7, 11) is 0. The minimum absolute atomic E-state index is 0.412. The van der Waals surface area contributed by atoms with Crippen LogP contribution in [0.25, 0.3) is 0 Å². The van der Waals surface area contributed by atoms with Crippen LogP contribution >= 0.6 is 11.3 Å². The standard InChI is InChI=1S/C13H21N3O2S/c1-2-10-12(13(17)18)19-11(15-10)4-8-16-7-3-5-14-6-9-16/h14H,2-9H2,1H3,(H,17,18). The third kappa shape index (κ3) is 3.99. The normalized spacial score (nSPS) is 17.3. The molecule has 1 aromatic heterocycles. The minimum atomic E-state index is -0.848. The van der Waals surface area contributed by atoms with Gasteiger partial charge in [0.15, 0.2) is 0 Å². The molecule has 1 saturated heterocycles. The number of nitrogens with one attached hydrogen (secondary N) is 1. The molecule has 1 fully saturated rings. The Balaban J connectivity index is 1.93. The van der Waals surface area contributed by atoms with Gasteiger partial charge in [-0.05, 0) is 25.9 Å². The number of carbonyl (C=O) groups is 1. The van der Waals surface area contributed by atoms with Gasteiger partial charge in [-0.25, -0.2) is 9.78 Å². The van der Waals surface area contributed by atoms with E-state index in [9.17, 15) is 4.79 Å². The highest BCUT2D eigenvalue weighted by Gasteiger charge is 2.16. The molecule has 0 bridgehead atoms. The molecule has 19 heavy (non-hydrogen) atoms. The van der Waals surface area contributed by atoms with Gasteiger partial charge < -0.3 is 15.3 Å². The minimum Gasteiger partial charge on any atom is -0.477 e. The van der Waals surface area contributed by atoms with E-state index in [2.05, 4.69) is 15.2 Å². The molecule has 0 unspecified atom stereocenters. The Morgan fingerprint density at radius 1 is 1.47 bits per heavy atom. The fourth-order valence-corrected chi connectivity index (χ4v) is 3.27. The van der Waals surface area contributed by atoms with Gasteiger partial charge in [0.1, 0.15) is 4.88 Å². The first-order valence-corrected chi connectivity index (χ1v) is 7.67. The Bertz CT molecular complexity index is 426. The van der Waals surface area contributed by atoms with Gasteiger partial charge in [-0.15, -0.1) is 11.3 Å². The summed E-state index contributed by atoms with van der Waals surface area (Å²) >= 11 is 1.33. The van der Waals surface area contributed by atoms with Crippen molar-refractivity contribution in [3.63, 3.8) is 0 Å². The molecule has 1 aliphatic heterocycles. The summed E-state index contributed by atoms with van der Waals surface area (Å²) in [4.78, 5) is 18.4. The first-order valence-electron chi connectivity index (χ1n) is 6.85. The number of carboxylic acid groups (broad SMARTS) is 1. The molecular formula is C13H21N3O2S. The van der Waals surface area contributed by atoms with Crippen molar-refractivity contribution in [1.82, 2.24) is 15.2 Å². The molecule has 2 rings (SSSR count). The van der Waals surface area contributed by atoms with E-state index >= 15 is 0 Å². The molecule has 0 aliphatic carbocycles. The van der Waals surface area contributed by atoms with Crippen LogP contribution in [0.4, 0.5) is 0 Å². The molecule has 1 aromatic rings. The second-order valence-corrected chi connectivity index (χ2v) is 5.82. The van der Waals surface area contributed by atoms with E-state index in [1.165, 1.54) is 17.8 Å². The number of hydrogen-bond donors (Lipinski definition) is 2. The summed E-state index contributed by atoms with van der Waals surface area (Å²) in [5, 5.41) is 13.4. The quantitative estimate of drug-likeness (QED) is 0.851. The van der Waals surface area contributed by atoms with Crippen molar-refractivity contribution >= 4 is 17.3 Å². The lowest BCUT2D eigenvalue weighted by atomic mass is 10.3. The van der Waals surface area contributed by atoms with Crippen molar-refractivity contribution in [2.24, 2.45) is 0 Å². The number of aryl methyl sites for hydroxylation is 1. The summed E-state index contributed by atoms with van der Waals surface area (Å²) in [5.74, 6) is -0.848. The van der Waals surface area contributed by atoms with Crippen LogP contribution in [-0.2, 0) is 12.8 Å². The zero-order valence-corrected chi connectivity index (χ0v) is 12.1. The highest BCUT2D eigenvalue weighted by atomic mass is 32.1. The molecule has 0 spiro atoms. The summed E-state index contributed by atoms with van der Waals surface area (Å²) in [6.45, 7) is 7.24. The Morgan fingerprint density at radius 2 is 2.32 bits per heavy atom. The van der Waals surface area contributed by atoms with Crippen molar-refractivity contribution in [2.45, 2.75) is 26.2 Å².